The number of hydrogen-bond donors (Lipinski definition) is 1. The molecule has 0 spiro atoms. The monoisotopic (exact) mass is 403 g/mol. The third-order valence-electron chi connectivity index (χ3n) is 4.07. The molecule has 25 heavy (non-hydrogen) atoms. The molecule has 2 aromatic rings. The third-order valence-corrected chi connectivity index (χ3v) is 4.81. The summed E-state index contributed by atoms with van der Waals surface area (Å²) in [7, 11) is 0. The van der Waals surface area contributed by atoms with E-state index in [1.165, 1.54) is 0 Å². The lowest BCUT2D eigenvalue weighted by Gasteiger charge is -2.23. The minimum Gasteiger partial charge on any atom is -0.486 e. The van der Waals surface area contributed by atoms with Crippen molar-refractivity contribution in [3.63, 3.8) is 0 Å². The summed E-state index contributed by atoms with van der Waals surface area (Å²) in [5.74, 6) is 1.33. The maximum atomic E-state index is 12.6. The molecule has 1 heterocycles. The Bertz CT molecular complexity index is 796. The summed E-state index contributed by atoms with van der Waals surface area (Å²) in [5.41, 5.74) is 2.80. The van der Waals surface area contributed by atoms with Crippen molar-refractivity contribution < 1.29 is 14.3 Å². The molecule has 0 atom stereocenters. The Morgan fingerprint density at radius 3 is 2.44 bits per heavy atom. The SMILES string of the molecule is CC(C)(C)c1ccccc1NC(=O)Cc1cc2c(cc1Br)OCCO2. The highest BCUT2D eigenvalue weighted by molar-refractivity contribution is 9.10. The molecule has 2 aromatic carbocycles. The van der Waals surface area contributed by atoms with Crippen molar-refractivity contribution in [3.05, 3.63) is 52.0 Å². The molecule has 1 aliphatic heterocycles. The first kappa shape index (κ1) is 17.8. The van der Waals surface area contributed by atoms with E-state index in [-0.39, 0.29) is 17.7 Å². The van der Waals surface area contributed by atoms with Crippen molar-refractivity contribution in [3.8, 4) is 11.5 Å². The van der Waals surface area contributed by atoms with Gasteiger partial charge in [-0.25, -0.2) is 0 Å². The third kappa shape index (κ3) is 4.15. The Morgan fingerprint density at radius 1 is 1.12 bits per heavy atom. The minimum absolute atomic E-state index is 0.0402. The van der Waals surface area contributed by atoms with E-state index in [1.807, 2.05) is 30.3 Å². The van der Waals surface area contributed by atoms with E-state index < -0.39 is 0 Å². The molecule has 5 heteroatoms. The molecule has 0 radical (unpaired) electrons. The van der Waals surface area contributed by atoms with E-state index in [4.69, 9.17) is 9.47 Å². The molecule has 4 nitrogen and oxygen atoms in total. The molecule has 3 rings (SSSR count). The highest BCUT2D eigenvalue weighted by atomic mass is 79.9. The number of anilines is 1. The summed E-state index contributed by atoms with van der Waals surface area (Å²) in [5, 5.41) is 3.04. The number of fused-ring (bicyclic) bond motifs is 1. The molecule has 1 N–H and O–H groups in total. The van der Waals surface area contributed by atoms with Gasteiger partial charge in [0.25, 0.3) is 0 Å². The first-order valence-corrected chi connectivity index (χ1v) is 9.11. The second-order valence-electron chi connectivity index (χ2n) is 7.11. The van der Waals surface area contributed by atoms with E-state index in [0.29, 0.717) is 24.7 Å². The lowest BCUT2D eigenvalue weighted by Crippen LogP contribution is -2.20. The van der Waals surface area contributed by atoms with Crippen LogP contribution in [0.2, 0.25) is 0 Å². The molecule has 1 amide bonds. The standard InChI is InChI=1S/C20H22BrNO3/c1-20(2,3)14-6-4-5-7-16(14)22-19(23)11-13-10-17-18(12-15(13)21)25-9-8-24-17/h4-7,10,12H,8-9,11H2,1-3H3,(H,22,23). The number of carbonyl (C=O) groups is 1. The van der Waals surface area contributed by atoms with Gasteiger partial charge < -0.3 is 14.8 Å². The van der Waals surface area contributed by atoms with Gasteiger partial charge in [0, 0.05) is 10.2 Å². The molecule has 0 bridgehead atoms. The van der Waals surface area contributed by atoms with Gasteiger partial charge in [0.1, 0.15) is 13.2 Å². The molecule has 0 saturated heterocycles. The fourth-order valence-corrected chi connectivity index (χ4v) is 3.32. The zero-order chi connectivity index (χ0) is 18.0. The number of halogens is 1. The van der Waals surface area contributed by atoms with Crippen LogP contribution in [0.3, 0.4) is 0 Å². The summed E-state index contributed by atoms with van der Waals surface area (Å²) in [6.07, 6.45) is 0.260. The van der Waals surface area contributed by atoms with Crippen LogP contribution >= 0.6 is 15.9 Å². The molecule has 0 fully saturated rings. The van der Waals surface area contributed by atoms with Gasteiger partial charge in [0.15, 0.2) is 11.5 Å². The van der Waals surface area contributed by atoms with E-state index in [1.54, 1.807) is 0 Å². The Kier molecular flexibility index (Phi) is 5.04. The Balaban J connectivity index is 1.78. The largest absolute Gasteiger partial charge is 0.486 e. The fourth-order valence-electron chi connectivity index (χ4n) is 2.86. The minimum atomic E-state index is -0.0610. The topological polar surface area (TPSA) is 47.6 Å². The number of benzene rings is 2. The van der Waals surface area contributed by atoms with Crippen molar-refractivity contribution in [1.29, 1.82) is 0 Å². The lowest BCUT2D eigenvalue weighted by molar-refractivity contribution is -0.115. The molecular formula is C20H22BrNO3. The van der Waals surface area contributed by atoms with Gasteiger partial charge in [-0.05, 0) is 34.7 Å². The molecule has 0 unspecified atom stereocenters. The van der Waals surface area contributed by atoms with Crippen LogP contribution in [0.25, 0.3) is 0 Å². The predicted octanol–water partition coefficient (Wildman–Crippen LogP) is 4.70. The molecule has 0 saturated carbocycles. The van der Waals surface area contributed by atoms with Gasteiger partial charge in [0.05, 0.1) is 6.42 Å². The van der Waals surface area contributed by atoms with E-state index in [2.05, 4.69) is 48.1 Å². The number of nitrogens with one attached hydrogen (secondary N) is 1. The van der Waals surface area contributed by atoms with Crippen LogP contribution < -0.4 is 14.8 Å². The van der Waals surface area contributed by atoms with Crippen LogP contribution in [0.4, 0.5) is 5.69 Å². The number of carbonyl (C=O) groups excluding carboxylic acids is 1. The van der Waals surface area contributed by atoms with Crippen LogP contribution in [-0.2, 0) is 16.6 Å². The van der Waals surface area contributed by atoms with Gasteiger partial charge in [-0.3, -0.25) is 4.79 Å². The Morgan fingerprint density at radius 2 is 1.76 bits per heavy atom. The van der Waals surface area contributed by atoms with E-state index >= 15 is 0 Å². The van der Waals surface area contributed by atoms with Gasteiger partial charge in [0.2, 0.25) is 5.91 Å². The van der Waals surface area contributed by atoms with Crippen LogP contribution in [0.1, 0.15) is 31.9 Å². The highest BCUT2D eigenvalue weighted by Crippen LogP contribution is 2.36. The van der Waals surface area contributed by atoms with Crippen molar-refractivity contribution in [2.75, 3.05) is 18.5 Å². The van der Waals surface area contributed by atoms with Crippen molar-refractivity contribution in [1.82, 2.24) is 0 Å². The Hall–Kier alpha value is -2.01. The van der Waals surface area contributed by atoms with Crippen LogP contribution in [0.5, 0.6) is 11.5 Å². The summed E-state index contributed by atoms with van der Waals surface area (Å²) < 4.78 is 12.0. The molecular weight excluding hydrogens is 382 g/mol. The van der Waals surface area contributed by atoms with Gasteiger partial charge in [-0.15, -0.1) is 0 Å². The summed E-state index contributed by atoms with van der Waals surface area (Å²) in [6, 6.07) is 11.7. The zero-order valence-corrected chi connectivity index (χ0v) is 16.3. The van der Waals surface area contributed by atoms with Gasteiger partial charge in [-0.1, -0.05) is 54.9 Å². The van der Waals surface area contributed by atoms with E-state index in [9.17, 15) is 4.79 Å². The quantitative estimate of drug-likeness (QED) is 0.807. The summed E-state index contributed by atoms with van der Waals surface area (Å²) >= 11 is 3.52. The first-order valence-electron chi connectivity index (χ1n) is 8.32. The fraction of sp³-hybridized carbons (Fsp3) is 0.350. The summed E-state index contributed by atoms with van der Waals surface area (Å²) in [6.45, 7) is 7.47. The maximum absolute atomic E-state index is 12.6. The maximum Gasteiger partial charge on any atom is 0.228 e. The second kappa shape index (κ2) is 7.08. The second-order valence-corrected chi connectivity index (χ2v) is 7.96. The van der Waals surface area contributed by atoms with Crippen LogP contribution in [-0.4, -0.2) is 19.1 Å². The zero-order valence-electron chi connectivity index (χ0n) is 14.7. The smallest absolute Gasteiger partial charge is 0.228 e. The van der Waals surface area contributed by atoms with Crippen LogP contribution in [0.15, 0.2) is 40.9 Å². The number of amides is 1. The number of rotatable bonds is 3. The Labute approximate surface area is 156 Å². The first-order chi connectivity index (χ1) is 11.8. The van der Waals surface area contributed by atoms with Crippen molar-refractivity contribution in [2.45, 2.75) is 32.6 Å². The molecule has 132 valence electrons. The highest BCUT2D eigenvalue weighted by Gasteiger charge is 2.20. The average molecular weight is 404 g/mol. The van der Waals surface area contributed by atoms with Gasteiger partial charge in [-0.2, -0.15) is 0 Å². The molecule has 0 aliphatic carbocycles. The van der Waals surface area contributed by atoms with Crippen molar-refractivity contribution in [2.24, 2.45) is 0 Å². The van der Waals surface area contributed by atoms with E-state index in [0.717, 1.165) is 21.3 Å². The number of ether oxygens (including phenoxy) is 2. The summed E-state index contributed by atoms with van der Waals surface area (Å²) in [4.78, 5) is 12.6. The number of para-hydroxylation sites is 1. The molecule has 0 aromatic heterocycles. The normalized spacial score (nSPS) is 13.4. The average Bonchev–Trinajstić information content (AvgIpc) is 2.55. The van der Waals surface area contributed by atoms with Crippen LogP contribution in [0, 0.1) is 0 Å². The predicted molar refractivity (Wildman–Crippen MR) is 103 cm³/mol. The van der Waals surface area contributed by atoms with Gasteiger partial charge >= 0.3 is 0 Å². The number of hydrogen-bond acceptors (Lipinski definition) is 3. The molecule has 1 aliphatic rings. The lowest BCUT2D eigenvalue weighted by atomic mass is 9.86. The van der Waals surface area contributed by atoms with Crippen molar-refractivity contribution >= 4 is 27.5 Å².